The first-order chi connectivity index (χ1) is 15.9. The predicted octanol–water partition coefficient (Wildman–Crippen LogP) is 7.24. The molecule has 0 N–H and O–H groups in total. The Kier molecular flexibility index (Phi) is 6.24. The smallest absolute Gasteiger partial charge is 0.000729 e. The Labute approximate surface area is 192 Å². The van der Waals surface area contributed by atoms with Crippen molar-refractivity contribution < 1.29 is 0 Å². The van der Waals surface area contributed by atoms with E-state index in [2.05, 4.69) is 133 Å². The molecule has 154 valence electrons. The van der Waals surface area contributed by atoms with Crippen molar-refractivity contribution >= 4 is 19.2 Å². The van der Waals surface area contributed by atoms with E-state index in [9.17, 15) is 0 Å². The van der Waals surface area contributed by atoms with Crippen LogP contribution in [0, 0.1) is 0 Å². The predicted molar refractivity (Wildman–Crippen MR) is 141 cm³/mol. The molecule has 5 aromatic rings. The van der Waals surface area contributed by atoms with Gasteiger partial charge in [-0.25, -0.2) is 0 Å². The van der Waals surface area contributed by atoms with Crippen LogP contribution in [0.3, 0.4) is 0 Å². The van der Waals surface area contributed by atoms with E-state index >= 15 is 0 Å². The van der Waals surface area contributed by atoms with E-state index in [-0.39, 0.29) is 0 Å². The van der Waals surface area contributed by atoms with E-state index in [1.165, 1.54) is 44.0 Å². The van der Waals surface area contributed by atoms with E-state index in [0.29, 0.717) is 0 Å². The molecule has 0 nitrogen and oxygen atoms in total. The van der Waals surface area contributed by atoms with E-state index in [1.807, 2.05) is 0 Å². The molecule has 1 heteroatoms. The first-order valence-electron chi connectivity index (χ1n) is 11.0. The number of hydrogen-bond acceptors (Lipinski definition) is 0. The topological polar surface area (TPSA) is 0 Å². The van der Waals surface area contributed by atoms with Gasteiger partial charge in [-0.1, -0.05) is 142 Å². The largest absolute Gasteiger partial charge is 0.0622 e. The second-order valence-corrected chi connectivity index (χ2v) is 9.29. The van der Waals surface area contributed by atoms with Crippen LogP contribution >= 0.6 is 8.58 Å². The number of fused-ring (bicyclic) bond motifs is 3. The van der Waals surface area contributed by atoms with E-state index in [1.54, 1.807) is 0 Å². The van der Waals surface area contributed by atoms with Crippen LogP contribution in [0.4, 0.5) is 0 Å². The lowest BCUT2D eigenvalue weighted by molar-refractivity contribution is 1.26. The van der Waals surface area contributed by atoms with Gasteiger partial charge in [-0.2, -0.15) is 0 Å². The second kappa shape index (κ2) is 9.77. The summed E-state index contributed by atoms with van der Waals surface area (Å²) in [7, 11) is 0.777. The lowest BCUT2D eigenvalue weighted by Crippen LogP contribution is -2.01. The first-order valence-corrected chi connectivity index (χ1v) is 12.0. The fourth-order valence-electron chi connectivity index (χ4n) is 4.26. The minimum atomic E-state index is 0.777. The molecule has 0 aromatic heterocycles. The average Bonchev–Trinajstić information content (AvgIpc) is 3.25. The van der Waals surface area contributed by atoms with Crippen molar-refractivity contribution in [1.82, 2.24) is 0 Å². The summed E-state index contributed by atoms with van der Waals surface area (Å²) in [5.74, 6) is 0. The Morgan fingerprint density at radius 2 is 0.906 bits per heavy atom. The summed E-state index contributed by atoms with van der Waals surface area (Å²) in [5, 5.41) is 2.79. The molecule has 0 spiro atoms. The summed E-state index contributed by atoms with van der Waals surface area (Å²) < 4.78 is 0. The van der Waals surface area contributed by atoms with Crippen molar-refractivity contribution in [2.75, 3.05) is 0 Å². The standard InChI is InChI=1S/C19H14.C12H11P/c1-2-7-14(8-3-1)16-11-6-12-18-17-10-5-4-9-15(17)13-19(16)18;1-3-7-11(8-4-1)13-12-9-5-2-6-10-12/h1-12H,13H2;1-10,13H. The van der Waals surface area contributed by atoms with Crippen LogP contribution in [-0.4, -0.2) is 0 Å². The Hall–Kier alpha value is -3.47. The van der Waals surface area contributed by atoms with Crippen LogP contribution in [-0.2, 0) is 6.42 Å². The van der Waals surface area contributed by atoms with Crippen LogP contribution in [0.5, 0.6) is 0 Å². The van der Waals surface area contributed by atoms with Crippen molar-refractivity contribution in [3.05, 3.63) is 145 Å². The molecular formula is C31H25P. The van der Waals surface area contributed by atoms with Crippen LogP contribution in [0.1, 0.15) is 11.1 Å². The van der Waals surface area contributed by atoms with Crippen molar-refractivity contribution in [2.45, 2.75) is 6.42 Å². The van der Waals surface area contributed by atoms with Crippen molar-refractivity contribution in [3.8, 4) is 22.3 Å². The molecule has 0 radical (unpaired) electrons. The first kappa shape index (κ1) is 20.4. The minimum absolute atomic E-state index is 0.777. The third kappa shape index (κ3) is 4.57. The summed E-state index contributed by atoms with van der Waals surface area (Å²) in [5.41, 5.74) is 8.39. The molecule has 0 fully saturated rings. The van der Waals surface area contributed by atoms with Gasteiger partial charge in [0.1, 0.15) is 0 Å². The zero-order chi connectivity index (χ0) is 21.6. The van der Waals surface area contributed by atoms with Gasteiger partial charge >= 0.3 is 0 Å². The fraction of sp³-hybridized carbons (Fsp3) is 0.0323. The maximum Gasteiger partial charge on any atom is -0.000729 e. The number of rotatable bonds is 3. The minimum Gasteiger partial charge on any atom is -0.0622 e. The van der Waals surface area contributed by atoms with Gasteiger partial charge in [0.25, 0.3) is 0 Å². The van der Waals surface area contributed by atoms with Gasteiger partial charge in [-0.05, 0) is 50.4 Å². The average molecular weight is 429 g/mol. The Balaban J connectivity index is 0.000000146. The van der Waals surface area contributed by atoms with Gasteiger partial charge in [-0.15, -0.1) is 0 Å². The maximum atomic E-state index is 2.24. The molecule has 0 atom stereocenters. The third-order valence-electron chi connectivity index (χ3n) is 5.77. The van der Waals surface area contributed by atoms with Crippen molar-refractivity contribution in [3.63, 3.8) is 0 Å². The van der Waals surface area contributed by atoms with Gasteiger partial charge < -0.3 is 0 Å². The van der Waals surface area contributed by atoms with Crippen LogP contribution in [0.2, 0.25) is 0 Å². The Bertz CT molecular complexity index is 1250. The van der Waals surface area contributed by atoms with E-state index in [0.717, 1.165) is 15.0 Å². The van der Waals surface area contributed by atoms with Crippen molar-refractivity contribution in [2.24, 2.45) is 0 Å². The number of hydrogen-bond donors (Lipinski definition) is 0. The molecule has 0 unspecified atom stereocenters. The summed E-state index contributed by atoms with van der Waals surface area (Å²) in [4.78, 5) is 0. The lowest BCUT2D eigenvalue weighted by Gasteiger charge is -2.08. The van der Waals surface area contributed by atoms with Gasteiger partial charge in [-0.3, -0.25) is 0 Å². The highest BCUT2D eigenvalue weighted by molar-refractivity contribution is 7.55. The summed E-state index contributed by atoms with van der Waals surface area (Å²) >= 11 is 0. The second-order valence-electron chi connectivity index (χ2n) is 7.89. The van der Waals surface area contributed by atoms with Gasteiger partial charge in [0, 0.05) is 0 Å². The van der Waals surface area contributed by atoms with Gasteiger partial charge in [0.05, 0.1) is 0 Å². The van der Waals surface area contributed by atoms with E-state index < -0.39 is 0 Å². The Morgan fingerprint density at radius 1 is 0.406 bits per heavy atom. The lowest BCUT2D eigenvalue weighted by atomic mass is 9.96. The molecule has 5 aromatic carbocycles. The SMILES string of the molecule is c1ccc(-c2cccc3c2Cc2ccccc2-3)cc1.c1ccc(Pc2ccccc2)cc1. The zero-order valence-corrected chi connectivity index (χ0v) is 18.9. The van der Waals surface area contributed by atoms with Crippen LogP contribution < -0.4 is 10.6 Å². The highest BCUT2D eigenvalue weighted by atomic mass is 31.1. The zero-order valence-electron chi connectivity index (χ0n) is 17.9. The molecule has 0 aliphatic heterocycles. The summed E-state index contributed by atoms with van der Waals surface area (Å²) in [6.07, 6.45) is 1.05. The number of benzene rings is 5. The molecule has 32 heavy (non-hydrogen) atoms. The molecule has 0 amide bonds. The molecule has 0 saturated carbocycles. The molecule has 1 aliphatic rings. The molecule has 0 heterocycles. The highest BCUT2D eigenvalue weighted by Crippen LogP contribution is 2.41. The molecule has 0 bridgehead atoms. The van der Waals surface area contributed by atoms with E-state index in [4.69, 9.17) is 0 Å². The monoisotopic (exact) mass is 428 g/mol. The van der Waals surface area contributed by atoms with Crippen LogP contribution in [0.15, 0.2) is 133 Å². The Morgan fingerprint density at radius 3 is 1.56 bits per heavy atom. The third-order valence-corrected chi connectivity index (χ3v) is 7.02. The molecular weight excluding hydrogens is 403 g/mol. The normalized spacial score (nSPS) is 11.1. The van der Waals surface area contributed by atoms with Gasteiger partial charge in [0.15, 0.2) is 0 Å². The summed E-state index contributed by atoms with van der Waals surface area (Å²) in [6.45, 7) is 0. The molecule has 1 aliphatic carbocycles. The van der Waals surface area contributed by atoms with Gasteiger partial charge in [0.2, 0.25) is 0 Å². The quantitative estimate of drug-likeness (QED) is 0.261. The van der Waals surface area contributed by atoms with Crippen molar-refractivity contribution in [1.29, 1.82) is 0 Å². The molecule has 0 saturated heterocycles. The summed E-state index contributed by atoms with van der Waals surface area (Å²) in [6, 6.07) is 47.2. The maximum absolute atomic E-state index is 2.24. The highest BCUT2D eigenvalue weighted by Gasteiger charge is 2.20. The fourth-order valence-corrected chi connectivity index (χ4v) is 5.31. The van der Waals surface area contributed by atoms with Crippen LogP contribution in [0.25, 0.3) is 22.3 Å². The molecule has 6 rings (SSSR count).